The summed E-state index contributed by atoms with van der Waals surface area (Å²) in [6.07, 6.45) is 1.88. The van der Waals surface area contributed by atoms with E-state index in [9.17, 15) is 4.39 Å². The first kappa shape index (κ1) is 18.4. The fraction of sp³-hybridized carbons (Fsp3) is 0.300. The Kier molecular flexibility index (Phi) is 5.57. The van der Waals surface area contributed by atoms with Gasteiger partial charge in [0.2, 0.25) is 0 Å². The van der Waals surface area contributed by atoms with E-state index >= 15 is 0 Å². The molecule has 0 aromatic heterocycles. The number of aliphatic imine (C=N–C) groups is 1. The molecule has 2 aromatic rings. The van der Waals surface area contributed by atoms with Crippen LogP contribution in [0, 0.1) is 12.7 Å². The number of rotatable bonds is 5. The zero-order valence-electron chi connectivity index (χ0n) is 15.0. The van der Waals surface area contributed by atoms with E-state index in [4.69, 9.17) is 16.4 Å². The summed E-state index contributed by atoms with van der Waals surface area (Å²) in [5.74, 6) is -0.357. The van der Waals surface area contributed by atoms with Gasteiger partial charge in [-0.25, -0.2) is 9.38 Å². The van der Waals surface area contributed by atoms with Gasteiger partial charge >= 0.3 is 0 Å². The highest BCUT2D eigenvalue weighted by Crippen LogP contribution is 2.35. The van der Waals surface area contributed by atoms with Gasteiger partial charge in [-0.05, 0) is 31.5 Å². The van der Waals surface area contributed by atoms with Crippen molar-refractivity contribution in [3.63, 3.8) is 0 Å². The molecule has 0 N–H and O–H groups in total. The first-order valence-electron chi connectivity index (χ1n) is 8.51. The van der Waals surface area contributed by atoms with E-state index in [2.05, 4.69) is 10.1 Å². The van der Waals surface area contributed by atoms with Gasteiger partial charge in [-0.3, -0.25) is 0 Å². The van der Waals surface area contributed by atoms with Crippen LogP contribution >= 0.6 is 11.6 Å². The summed E-state index contributed by atoms with van der Waals surface area (Å²) in [5.41, 5.74) is 3.37. The zero-order valence-corrected chi connectivity index (χ0v) is 15.8. The molecule has 1 heterocycles. The molecule has 4 nitrogen and oxygen atoms in total. The first-order chi connectivity index (χ1) is 12.5. The summed E-state index contributed by atoms with van der Waals surface area (Å²) in [4.78, 5) is 11.8. The number of aryl methyl sites for hydroxylation is 1. The number of hydrogen-bond acceptors (Lipinski definition) is 3. The highest BCUT2D eigenvalue weighted by atomic mass is 35.5. The van der Waals surface area contributed by atoms with Crippen LogP contribution in [0.1, 0.15) is 36.1 Å². The number of hydrogen-bond donors (Lipinski definition) is 0. The molecule has 2 aromatic carbocycles. The van der Waals surface area contributed by atoms with E-state index in [0.29, 0.717) is 28.4 Å². The Balaban J connectivity index is 1.81. The topological polar surface area (TPSA) is 37.2 Å². The SMILES string of the molecule is CCN(C)C=Nc1cc(F)c(C2=NOC(c3ccccc3Cl)C2)cc1C. The lowest BCUT2D eigenvalue weighted by atomic mass is 9.98. The smallest absolute Gasteiger partial charge is 0.159 e. The van der Waals surface area contributed by atoms with Crippen LogP contribution in [0.3, 0.4) is 0 Å². The minimum atomic E-state index is -0.357. The minimum Gasteiger partial charge on any atom is -0.387 e. The molecule has 26 heavy (non-hydrogen) atoms. The van der Waals surface area contributed by atoms with Crippen molar-refractivity contribution >= 4 is 29.3 Å². The number of benzene rings is 2. The summed E-state index contributed by atoms with van der Waals surface area (Å²) >= 11 is 6.22. The molecule has 0 amide bonds. The Morgan fingerprint density at radius 1 is 1.38 bits per heavy atom. The molecule has 0 spiro atoms. The number of halogens is 2. The lowest BCUT2D eigenvalue weighted by Crippen LogP contribution is -2.14. The van der Waals surface area contributed by atoms with E-state index < -0.39 is 0 Å². The molecule has 1 aliphatic heterocycles. The van der Waals surface area contributed by atoms with Gasteiger partial charge in [0.15, 0.2) is 6.10 Å². The molecule has 0 aliphatic carbocycles. The Bertz CT molecular complexity index is 866. The van der Waals surface area contributed by atoms with Crippen LogP contribution in [0.2, 0.25) is 5.02 Å². The van der Waals surface area contributed by atoms with Crippen molar-refractivity contribution in [2.75, 3.05) is 13.6 Å². The van der Waals surface area contributed by atoms with Gasteiger partial charge in [0.05, 0.1) is 17.7 Å². The maximum atomic E-state index is 14.6. The van der Waals surface area contributed by atoms with Crippen LogP contribution in [0.15, 0.2) is 46.5 Å². The van der Waals surface area contributed by atoms with E-state index in [1.54, 1.807) is 12.4 Å². The fourth-order valence-electron chi connectivity index (χ4n) is 2.71. The zero-order chi connectivity index (χ0) is 18.7. The second-order valence-electron chi connectivity index (χ2n) is 6.29. The fourth-order valence-corrected chi connectivity index (χ4v) is 2.97. The molecule has 1 atom stereocenters. The van der Waals surface area contributed by atoms with Crippen LogP contribution in [0.25, 0.3) is 0 Å². The van der Waals surface area contributed by atoms with Crippen molar-refractivity contribution in [2.45, 2.75) is 26.4 Å². The molecular weight excluding hydrogens is 353 g/mol. The van der Waals surface area contributed by atoms with Gasteiger partial charge in [0, 0.05) is 42.2 Å². The monoisotopic (exact) mass is 373 g/mol. The third-order valence-electron chi connectivity index (χ3n) is 4.41. The Morgan fingerprint density at radius 2 is 2.15 bits per heavy atom. The van der Waals surface area contributed by atoms with E-state index in [1.807, 2.05) is 50.1 Å². The quantitative estimate of drug-likeness (QED) is 0.529. The Morgan fingerprint density at radius 3 is 2.88 bits per heavy atom. The van der Waals surface area contributed by atoms with Crippen LogP contribution < -0.4 is 0 Å². The second-order valence-corrected chi connectivity index (χ2v) is 6.70. The molecule has 0 bridgehead atoms. The molecular formula is C20H21ClFN3O. The van der Waals surface area contributed by atoms with Gasteiger partial charge in [0.1, 0.15) is 5.82 Å². The molecule has 0 fully saturated rings. The number of nitrogens with zero attached hydrogens (tertiary/aromatic N) is 3. The van der Waals surface area contributed by atoms with Gasteiger partial charge in [-0.2, -0.15) is 0 Å². The largest absolute Gasteiger partial charge is 0.387 e. The lowest BCUT2D eigenvalue weighted by Gasteiger charge is -2.11. The van der Waals surface area contributed by atoms with E-state index in [1.165, 1.54) is 6.07 Å². The molecule has 0 radical (unpaired) electrons. The van der Waals surface area contributed by atoms with Crippen LogP contribution in [0.4, 0.5) is 10.1 Å². The van der Waals surface area contributed by atoms with E-state index in [-0.39, 0.29) is 11.9 Å². The molecule has 1 aliphatic rings. The second kappa shape index (κ2) is 7.87. The molecule has 136 valence electrons. The summed E-state index contributed by atoms with van der Waals surface area (Å²) in [5, 5.41) is 4.72. The Hall–Kier alpha value is -2.40. The normalized spacial score (nSPS) is 16.7. The molecule has 1 unspecified atom stereocenters. The molecule has 0 saturated carbocycles. The third-order valence-corrected chi connectivity index (χ3v) is 4.75. The van der Waals surface area contributed by atoms with Crippen LogP contribution in [0.5, 0.6) is 0 Å². The highest BCUT2D eigenvalue weighted by molar-refractivity contribution is 6.31. The van der Waals surface area contributed by atoms with Gasteiger partial charge < -0.3 is 9.74 Å². The molecule has 3 rings (SSSR count). The summed E-state index contributed by atoms with van der Waals surface area (Å²) in [6.45, 7) is 4.76. The van der Waals surface area contributed by atoms with Gasteiger partial charge in [-0.15, -0.1) is 0 Å². The van der Waals surface area contributed by atoms with Crippen molar-refractivity contribution in [2.24, 2.45) is 10.1 Å². The first-order valence-corrected chi connectivity index (χ1v) is 8.89. The summed E-state index contributed by atoms with van der Waals surface area (Å²) in [6, 6.07) is 10.7. The van der Waals surface area contributed by atoms with Crippen LogP contribution in [-0.2, 0) is 4.84 Å². The van der Waals surface area contributed by atoms with Crippen molar-refractivity contribution in [1.29, 1.82) is 0 Å². The summed E-state index contributed by atoms with van der Waals surface area (Å²) < 4.78 is 14.6. The predicted molar refractivity (Wildman–Crippen MR) is 104 cm³/mol. The Labute approximate surface area is 157 Å². The maximum absolute atomic E-state index is 14.6. The van der Waals surface area contributed by atoms with Gasteiger partial charge in [-0.1, -0.05) is 35.0 Å². The predicted octanol–water partition coefficient (Wildman–Crippen LogP) is 5.26. The highest BCUT2D eigenvalue weighted by Gasteiger charge is 2.27. The minimum absolute atomic E-state index is 0.297. The standard InChI is InChI=1S/C20H21ClFN3O/c1-4-25(3)12-23-18-10-17(22)15(9-13(18)2)19-11-20(26-24-19)14-7-5-6-8-16(14)21/h5-10,12,20H,4,11H2,1-3H3. The molecule has 0 saturated heterocycles. The van der Waals surface area contributed by atoms with Crippen molar-refractivity contribution < 1.29 is 9.23 Å². The van der Waals surface area contributed by atoms with Crippen molar-refractivity contribution in [1.82, 2.24) is 4.90 Å². The van der Waals surface area contributed by atoms with Gasteiger partial charge in [0.25, 0.3) is 0 Å². The molecule has 6 heteroatoms. The average Bonchev–Trinajstić information content (AvgIpc) is 3.11. The maximum Gasteiger partial charge on any atom is 0.159 e. The number of oxime groups is 1. The summed E-state index contributed by atoms with van der Waals surface area (Å²) in [7, 11) is 1.92. The average molecular weight is 374 g/mol. The van der Waals surface area contributed by atoms with Crippen molar-refractivity contribution in [3.8, 4) is 0 Å². The van der Waals surface area contributed by atoms with Crippen molar-refractivity contribution in [3.05, 3.63) is 63.9 Å². The van der Waals surface area contributed by atoms with E-state index in [0.717, 1.165) is 17.7 Å². The third kappa shape index (κ3) is 3.88. The van der Waals surface area contributed by atoms with Crippen LogP contribution in [-0.4, -0.2) is 30.5 Å². The lowest BCUT2D eigenvalue weighted by molar-refractivity contribution is 0.0858.